The molecule has 7 heteroatoms. The third-order valence-electron chi connectivity index (χ3n) is 5.91. The van der Waals surface area contributed by atoms with Crippen molar-refractivity contribution in [1.29, 1.82) is 0 Å². The van der Waals surface area contributed by atoms with E-state index in [1.165, 1.54) is 5.56 Å². The summed E-state index contributed by atoms with van der Waals surface area (Å²) in [5.74, 6) is -0.152. The van der Waals surface area contributed by atoms with Gasteiger partial charge in [0.1, 0.15) is 0 Å². The molecule has 3 N–H and O–H groups in total. The van der Waals surface area contributed by atoms with Gasteiger partial charge in [0.2, 0.25) is 0 Å². The van der Waals surface area contributed by atoms with Gasteiger partial charge in [-0.05, 0) is 41.3 Å². The van der Waals surface area contributed by atoms with Gasteiger partial charge in [0.15, 0.2) is 0 Å². The van der Waals surface area contributed by atoms with E-state index in [1.54, 1.807) is 0 Å². The summed E-state index contributed by atoms with van der Waals surface area (Å²) in [6.07, 6.45) is 2.03. The van der Waals surface area contributed by atoms with Gasteiger partial charge in [-0.15, -0.1) is 0 Å². The highest BCUT2D eigenvalue weighted by Gasteiger charge is 2.16. The van der Waals surface area contributed by atoms with Gasteiger partial charge in [0, 0.05) is 30.4 Å². The van der Waals surface area contributed by atoms with Crippen LogP contribution in [0, 0.1) is 0 Å². The molecule has 0 spiro atoms. The van der Waals surface area contributed by atoms with Crippen molar-refractivity contribution >= 4 is 22.5 Å². The summed E-state index contributed by atoms with van der Waals surface area (Å²) in [6.45, 7) is 9.45. The molecule has 0 atom stereocenters. The number of nitrogens with one attached hydrogen (secondary N) is 1. The zero-order valence-corrected chi connectivity index (χ0v) is 20.7. The molecule has 0 bridgehead atoms. The van der Waals surface area contributed by atoms with Crippen LogP contribution in [0.2, 0.25) is 0 Å². The van der Waals surface area contributed by atoms with Crippen LogP contribution in [0.5, 0.6) is 0 Å². The predicted octanol–water partition coefficient (Wildman–Crippen LogP) is 4.17. The Morgan fingerprint density at radius 2 is 1.71 bits per heavy atom. The first-order chi connectivity index (χ1) is 16.9. The number of aromatic nitrogens is 2. The highest BCUT2D eigenvalue weighted by atomic mass is 16.5. The first-order valence-corrected chi connectivity index (χ1v) is 12.0. The molecular weight excluding hydrogens is 440 g/mol. The highest BCUT2D eigenvalue weighted by Crippen LogP contribution is 2.30. The minimum atomic E-state index is -0.152. The lowest BCUT2D eigenvalue weighted by Crippen LogP contribution is -2.27. The van der Waals surface area contributed by atoms with E-state index in [0.717, 1.165) is 27.8 Å². The number of hydrogen-bond acceptors (Lipinski definition) is 5. The molecule has 4 aromatic rings. The van der Waals surface area contributed by atoms with Gasteiger partial charge < -0.3 is 24.9 Å². The molecule has 0 fully saturated rings. The second-order valence-corrected chi connectivity index (χ2v) is 9.52. The normalized spacial score (nSPS) is 11.9. The summed E-state index contributed by atoms with van der Waals surface area (Å²) >= 11 is 0. The maximum atomic E-state index is 12.7. The summed E-state index contributed by atoms with van der Waals surface area (Å²) in [7, 11) is 0. The SMILES string of the molecule is CC(C)(C)c1ccc(-c2nc3cc(C(=O)NCCOCCOCCN)ccc3n3cccc23)cc1. The van der Waals surface area contributed by atoms with Crippen molar-refractivity contribution in [1.82, 2.24) is 14.7 Å². The van der Waals surface area contributed by atoms with Crippen LogP contribution in [0.25, 0.3) is 27.8 Å². The highest BCUT2D eigenvalue weighted by molar-refractivity contribution is 5.98. The number of nitrogens with zero attached hydrogens (tertiary/aromatic N) is 2. The molecule has 2 heterocycles. The molecule has 0 aliphatic rings. The predicted molar refractivity (Wildman–Crippen MR) is 140 cm³/mol. The van der Waals surface area contributed by atoms with Gasteiger partial charge in [-0.3, -0.25) is 4.79 Å². The minimum absolute atomic E-state index is 0.0886. The lowest BCUT2D eigenvalue weighted by atomic mass is 9.86. The third-order valence-corrected chi connectivity index (χ3v) is 5.91. The van der Waals surface area contributed by atoms with Crippen molar-refractivity contribution in [2.75, 3.05) is 39.5 Å². The molecule has 184 valence electrons. The molecule has 0 radical (unpaired) electrons. The summed E-state index contributed by atoms with van der Waals surface area (Å²) < 4.78 is 12.9. The number of carbonyl (C=O) groups is 1. The fourth-order valence-corrected chi connectivity index (χ4v) is 4.00. The van der Waals surface area contributed by atoms with E-state index >= 15 is 0 Å². The number of rotatable bonds is 10. The zero-order valence-electron chi connectivity index (χ0n) is 20.7. The van der Waals surface area contributed by atoms with Crippen LogP contribution in [-0.2, 0) is 14.9 Å². The summed E-state index contributed by atoms with van der Waals surface area (Å²) in [6, 6.07) is 18.3. The van der Waals surface area contributed by atoms with Crippen LogP contribution < -0.4 is 11.1 Å². The third kappa shape index (κ3) is 5.88. The van der Waals surface area contributed by atoms with Gasteiger partial charge in [0.25, 0.3) is 5.91 Å². The number of carbonyl (C=O) groups excluding carboxylic acids is 1. The quantitative estimate of drug-likeness (QED) is 0.337. The van der Waals surface area contributed by atoms with Crippen LogP contribution in [0.1, 0.15) is 36.7 Å². The van der Waals surface area contributed by atoms with Gasteiger partial charge >= 0.3 is 0 Å². The summed E-state index contributed by atoms with van der Waals surface area (Å²) in [5, 5.41) is 2.91. The fraction of sp³-hybridized carbons (Fsp3) is 0.357. The molecule has 0 saturated heterocycles. The number of hydrogen-bond donors (Lipinski definition) is 2. The molecule has 2 aromatic carbocycles. The van der Waals surface area contributed by atoms with Gasteiger partial charge in [-0.2, -0.15) is 0 Å². The van der Waals surface area contributed by atoms with Crippen LogP contribution in [0.4, 0.5) is 0 Å². The summed E-state index contributed by atoms with van der Waals surface area (Å²) in [4.78, 5) is 17.7. The lowest BCUT2D eigenvalue weighted by molar-refractivity contribution is 0.0511. The minimum Gasteiger partial charge on any atom is -0.378 e. The Morgan fingerprint density at radius 1 is 0.971 bits per heavy atom. The second-order valence-electron chi connectivity index (χ2n) is 9.52. The Hall–Kier alpha value is -3.26. The first kappa shape index (κ1) is 24.9. The maximum Gasteiger partial charge on any atom is 0.251 e. The molecule has 0 aliphatic carbocycles. The molecule has 0 saturated carbocycles. The molecular formula is C28H34N4O3. The Bertz CT molecular complexity index is 1290. The van der Waals surface area contributed by atoms with Crippen LogP contribution in [0.15, 0.2) is 60.8 Å². The maximum absolute atomic E-state index is 12.7. The number of benzene rings is 2. The molecule has 7 nitrogen and oxygen atoms in total. The van der Waals surface area contributed by atoms with Crippen LogP contribution >= 0.6 is 0 Å². The first-order valence-electron chi connectivity index (χ1n) is 12.0. The van der Waals surface area contributed by atoms with Crippen molar-refractivity contribution < 1.29 is 14.3 Å². The van der Waals surface area contributed by atoms with Crippen molar-refractivity contribution in [3.8, 4) is 11.3 Å². The lowest BCUT2D eigenvalue weighted by Gasteiger charge is -2.19. The second kappa shape index (κ2) is 11.0. The zero-order chi connectivity index (χ0) is 24.8. The molecule has 35 heavy (non-hydrogen) atoms. The molecule has 2 aromatic heterocycles. The smallest absolute Gasteiger partial charge is 0.251 e. The number of nitrogens with two attached hydrogens (primary N) is 1. The van der Waals surface area contributed by atoms with E-state index in [2.05, 4.69) is 60.8 Å². The van der Waals surface area contributed by atoms with Crippen LogP contribution in [-0.4, -0.2) is 54.8 Å². The van der Waals surface area contributed by atoms with E-state index in [4.69, 9.17) is 20.2 Å². The topological polar surface area (TPSA) is 90.9 Å². The standard InChI is InChI=1S/C28H34N4O3/c1-28(2,3)22-9-6-20(7-10-22)26-25-5-4-14-32(25)24-11-8-21(19-23(24)31-26)27(33)30-13-16-35-18-17-34-15-12-29/h4-11,14,19H,12-13,15-18,29H2,1-3H3,(H,30,33). The van der Waals surface area contributed by atoms with Crippen LogP contribution in [0.3, 0.4) is 0 Å². The average Bonchev–Trinajstić information content (AvgIpc) is 3.34. The van der Waals surface area contributed by atoms with E-state index < -0.39 is 0 Å². The molecule has 0 aliphatic heterocycles. The van der Waals surface area contributed by atoms with Crippen molar-refractivity contribution in [3.05, 3.63) is 71.9 Å². The Balaban J connectivity index is 1.52. The largest absolute Gasteiger partial charge is 0.378 e. The van der Waals surface area contributed by atoms with Gasteiger partial charge in [-0.1, -0.05) is 45.0 Å². The Kier molecular flexibility index (Phi) is 7.80. The summed E-state index contributed by atoms with van der Waals surface area (Å²) in [5.41, 5.74) is 12.0. The number of ether oxygens (including phenoxy) is 2. The monoisotopic (exact) mass is 474 g/mol. The number of fused-ring (bicyclic) bond motifs is 3. The number of amides is 1. The van der Waals surface area contributed by atoms with E-state index in [1.807, 2.05) is 30.5 Å². The Morgan fingerprint density at radius 3 is 2.43 bits per heavy atom. The fourth-order valence-electron chi connectivity index (χ4n) is 4.00. The van der Waals surface area contributed by atoms with Gasteiger partial charge in [-0.25, -0.2) is 4.98 Å². The molecule has 1 amide bonds. The van der Waals surface area contributed by atoms with E-state index in [-0.39, 0.29) is 11.3 Å². The van der Waals surface area contributed by atoms with E-state index in [9.17, 15) is 4.79 Å². The van der Waals surface area contributed by atoms with E-state index in [0.29, 0.717) is 45.1 Å². The average molecular weight is 475 g/mol. The van der Waals surface area contributed by atoms with Gasteiger partial charge in [0.05, 0.1) is 48.7 Å². The molecule has 4 rings (SSSR count). The van der Waals surface area contributed by atoms with Crippen molar-refractivity contribution in [3.63, 3.8) is 0 Å². The Labute approximate surface area is 206 Å². The van der Waals surface area contributed by atoms with Crippen molar-refractivity contribution in [2.45, 2.75) is 26.2 Å². The van der Waals surface area contributed by atoms with Crippen molar-refractivity contribution in [2.24, 2.45) is 5.73 Å². The molecule has 0 unspecified atom stereocenters.